The van der Waals surface area contributed by atoms with E-state index in [1.54, 1.807) is 23.5 Å². The zero-order chi connectivity index (χ0) is 12.4. The van der Waals surface area contributed by atoms with Crippen LogP contribution in [0.5, 0.6) is 0 Å². The average Bonchev–Trinajstić information content (AvgIpc) is 3.02. The van der Waals surface area contributed by atoms with Crippen LogP contribution in [0.4, 0.5) is 4.39 Å². The summed E-state index contributed by atoms with van der Waals surface area (Å²) in [5.74, 6) is 0.372. The van der Waals surface area contributed by atoms with Gasteiger partial charge in [-0.15, -0.1) is 21.5 Å². The van der Waals surface area contributed by atoms with Crippen molar-refractivity contribution in [2.75, 3.05) is 0 Å². The van der Waals surface area contributed by atoms with Crippen LogP contribution in [0.25, 0.3) is 10.7 Å². The molecule has 0 fully saturated rings. The molecular weight excluding hydrogens is 251 g/mol. The van der Waals surface area contributed by atoms with Gasteiger partial charge in [0.05, 0.1) is 11.4 Å². The Balaban J connectivity index is 1.80. The number of tetrazole rings is 1. The third-order valence-corrected chi connectivity index (χ3v) is 3.30. The van der Waals surface area contributed by atoms with Gasteiger partial charge in [-0.05, 0) is 34.4 Å². The Bertz CT molecular complexity index is 630. The van der Waals surface area contributed by atoms with Gasteiger partial charge < -0.3 is 0 Å². The van der Waals surface area contributed by atoms with Gasteiger partial charge in [0.25, 0.3) is 0 Å². The summed E-state index contributed by atoms with van der Waals surface area (Å²) in [7, 11) is 0. The van der Waals surface area contributed by atoms with Crippen LogP contribution in [0.1, 0.15) is 5.56 Å². The molecule has 0 saturated heterocycles. The normalized spacial score (nSPS) is 10.7. The fraction of sp³-hybridized carbons (Fsp3) is 0.0833. The van der Waals surface area contributed by atoms with E-state index >= 15 is 0 Å². The second kappa shape index (κ2) is 4.66. The summed E-state index contributed by atoms with van der Waals surface area (Å²) in [5.41, 5.74) is 0.937. The Labute approximate surface area is 107 Å². The molecule has 0 spiro atoms. The minimum Gasteiger partial charge on any atom is -0.207 e. The van der Waals surface area contributed by atoms with Crippen LogP contribution in [-0.2, 0) is 6.54 Å². The predicted molar refractivity (Wildman–Crippen MR) is 66.6 cm³/mol. The lowest BCUT2D eigenvalue weighted by molar-refractivity contribution is 0.570. The van der Waals surface area contributed by atoms with Gasteiger partial charge in [-0.3, -0.25) is 0 Å². The zero-order valence-corrected chi connectivity index (χ0v) is 10.1. The van der Waals surface area contributed by atoms with Gasteiger partial charge in [-0.1, -0.05) is 18.2 Å². The third kappa shape index (κ3) is 2.28. The van der Waals surface area contributed by atoms with Crippen LogP contribution in [0.3, 0.4) is 0 Å². The number of aromatic nitrogens is 4. The van der Waals surface area contributed by atoms with E-state index in [4.69, 9.17) is 0 Å². The van der Waals surface area contributed by atoms with Gasteiger partial charge >= 0.3 is 0 Å². The van der Waals surface area contributed by atoms with E-state index in [2.05, 4.69) is 15.4 Å². The standard InChI is InChI=1S/C12H9FN4S/c13-10-5-3-9(4-6-10)8-17-15-12(14-16-17)11-2-1-7-18-11/h1-7H,8H2. The summed E-state index contributed by atoms with van der Waals surface area (Å²) < 4.78 is 12.8. The Kier molecular flexibility index (Phi) is 2.85. The molecule has 0 saturated carbocycles. The molecule has 1 aromatic carbocycles. The molecule has 0 bridgehead atoms. The highest BCUT2D eigenvalue weighted by Crippen LogP contribution is 2.19. The minimum atomic E-state index is -0.246. The molecule has 2 heterocycles. The average molecular weight is 260 g/mol. The quantitative estimate of drug-likeness (QED) is 0.727. The summed E-state index contributed by atoms with van der Waals surface area (Å²) >= 11 is 1.57. The minimum absolute atomic E-state index is 0.246. The molecule has 0 unspecified atom stereocenters. The summed E-state index contributed by atoms with van der Waals surface area (Å²) in [5, 5.41) is 14.2. The molecule has 6 heteroatoms. The first-order valence-corrected chi connectivity index (χ1v) is 6.25. The predicted octanol–water partition coefficient (Wildman–Crippen LogP) is 2.59. The van der Waals surface area contributed by atoms with Gasteiger partial charge in [-0.25, -0.2) is 4.39 Å². The number of thiophene rings is 1. The highest BCUT2D eigenvalue weighted by Gasteiger charge is 2.06. The number of benzene rings is 1. The fourth-order valence-electron chi connectivity index (χ4n) is 1.57. The summed E-state index contributed by atoms with van der Waals surface area (Å²) in [6.45, 7) is 0.485. The first-order valence-electron chi connectivity index (χ1n) is 5.37. The van der Waals surface area contributed by atoms with E-state index in [-0.39, 0.29) is 5.82 Å². The lowest BCUT2D eigenvalue weighted by Crippen LogP contribution is -2.03. The smallest absolute Gasteiger partial charge is 0.207 e. The molecule has 0 aliphatic heterocycles. The van der Waals surface area contributed by atoms with E-state index in [1.807, 2.05) is 17.5 Å². The SMILES string of the molecule is Fc1ccc(Cn2nnc(-c3cccs3)n2)cc1. The van der Waals surface area contributed by atoms with Crippen molar-refractivity contribution in [2.24, 2.45) is 0 Å². The van der Waals surface area contributed by atoms with Crippen molar-refractivity contribution in [3.8, 4) is 10.7 Å². The molecule has 3 aromatic rings. The fourth-order valence-corrected chi connectivity index (χ4v) is 2.22. The van der Waals surface area contributed by atoms with Crippen molar-refractivity contribution >= 4 is 11.3 Å². The Morgan fingerprint density at radius 3 is 2.72 bits per heavy atom. The first-order chi connectivity index (χ1) is 8.81. The molecule has 4 nitrogen and oxygen atoms in total. The zero-order valence-electron chi connectivity index (χ0n) is 9.32. The van der Waals surface area contributed by atoms with Crippen LogP contribution >= 0.6 is 11.3 Å². The molecule has 3 rings (SSSR count). The Hall–Kier alpha value is -2.08. The molecule has 0 aliphatic carbocycles. The largest absolute Gasteiger partial charge is 0.214 e. The van der Waals surface area contributed by atoms with Crippen LogP contribution in [0, 0.1) is 5.82 Å². The first kappa shape index (κ1) is 11.0. The van der Waals surface area contributed by atoms with Crippen LogP contribution in [0.2, 0.25) is 0 Å². The second-order valence-corrected chi connectivity index (χ2v) is 4.69. The van der Waals surface area contributed by atoms with Gasteiger partial charge in [0.2, 0.25) is 5.82 Å². The maximum Gasteiger partial charge on any atom is 0.214 e. The summed E-state index contributed by atoms with van der Waals surface area (Å²) in [6, 6.07) is 10.2. The number of rotatable bonds is 3. The van der Waals surface area contributed by atoms with E-state index in [0.717, 1.165) is 10.4 Å². The van der Waals surface area contributed by atoms with Gasteiger partial charge in [0, 0.05) is 0 Å². The Morgan fingerprint density at radius 1 is 1.17 bits per heavy atom. The van der Waals surface area contributed by atoms with E-state index in [9.17, 15) is 4.39 Å². The van der Waals surface area contributed by atoms with E-state index in [0.29, 0.717) is 12.4 Å². The number of hydrogen-bond donors (Lipinski definition) is 0. The van der Waals surface area contributed by atoms with E-state index < -0.39 is 0 Å². The molecule has 18 heavy (non-hydrogen) atoms. The molecule has 0 amide bonds. The highest BCUT2D eigenvalue weighted by atomic mass is 32.1. The van der Waals surface area contributed by atoms with E-state index in [1.165, 1.54) is 16.9 Å². The molecule has 2 aromatic heterocycles. The monoisotopic (exact) mass is 260 g/mol. The second-order valence-electron chi connectivity index (χ2n) is 3.75. The van der Waals surface area contributed by atoms with Crippen molar-refractivity contribution in [1.82, 2.24) is 20.2 Å². The summed E-state index contributed by atoms with van der Waals surface area (Å²) in [6.07, 6.45) is 0. The van der Waals surface area contributed by atoms with Crippen molar-refractivity contribution in [3.05, 3.63) is 53.2 Å². The lowest BCUT2D eigenvalue weighted by atomic mass is 10.2. The highest BCUT2D eigenvalue weighted by molar-refractivity contribution is 7.13. The molecule has 0 radical (unpaired) electrons. The maximum atomic E-state index is 12.8. The van der Waals surface area contributed by atoms with Crippen LogP contribution in [0.15, 0.2) is 41.8 Å². The topological polar surface area (TPSA) is 43.6 Å². The van der Waals surface area contributed by atoms with Crippen LogP contribution < -0.4 is 0 Å². The molecule has 90 valence electrons. The molecule has 0 atom stereocenters. The number of nitrogens with zero attached hydrogens (tertiary/aromatic N) is 4. The lowest BCUT2D eigenvalue weighted by Gasteiger charge is -1.98. The van der Waals surface area contributed by atoms with Crippen molar-refractivity contribution < 1.29 is 4.39 Å². The van der Waals surface area contributed by atoms with Crippen molar-refractivity contribution in [1.29, 1.82) is 0 Å². The van der Waals surface area contributed by atoms with Gasteiger partial charge in [0.1, 0.15) is 5.82 Å². The number of halogens is 1. The Morgan fingerprint density at radius 2 is 2.00 bits per heavy atom. The third-order valence-electron chi connectivity index (χ3n) is 2.43. The molecule has 0 N–H and O–H groups in total. The van der Waals surface area contributed by atoms with Crippen LogP contribution in [-0.4, -0.2) is 20.2 Å². The summed E-state index contributed by atoms with van der Waals surface area (Å²) in [4.78, 5) is 2.49. The molecular formula is C12H9FN4S. The van der Waals surface area contributed by atoms with Gasteiger partial charge in [0.15, 0.2) is 0 Å². The van der Waals surface area contributed by atoms with Crippen molar-refractivity contribution in [3.63, 3.8) is 0 Å². The van der Waals surface area contributed by atoms with Crippen molar-refractivity contribution in [2.45, 2.75) is 6.54 Å². The number of hydrogen-bond acceptors (Lipinski definition) is 4. The van der Waals surface area contributed by atoms with Gasteiger partial charge in [-0.2, -0.15) is 4.80 Å². The maximum absolute atomic E-state index is 12.8. The molecule has 0 aliphatic rings.